The first-order valence-electron chi connectivity index (χ1n) is 3.41. The number of Topliss-reactive ketones (excluding diaryl/α,β-unsaturated/α-hetero) is 1. The van der Waals surface area contributed by atoms with E-state index in [4.69, 9.17) is 13.3 Å². The van der Waals surface area contributed by atoms with Gasteiger partial charge in [-0.05, 0) is 12.8 Å². The third-order valence-electron chi connectivity index (χ3n) is 1.41. The van der Waals surface area contributed by atoms with E-state index in [1.807, 2.05) is 0 Å². The van der Waals surface area contributed by atoms with E-state index in [1.54, 1.807) is 0 Å². The molecule has 13 heavy (non-hydrogen) atoms. The van der Waals surface area contributed by atoms with E-state index in [2.05, 4.69) is 0 Å². The van der Waals surface area contributed by atoms with Crippen molar-refractivity contribution in [3.8, 4) is 0 Å². The summed E-state index contributed by atoms with van der Waals surface area (Å²) < 4.78 is 25.3. The molecule has 7 heteroatoms. The van der Waals surface area contributed by atoms with Crippen molar-refractivity contribution in [2.24, 2.45) is 0 Å². The van der Waals surface area contributed by atoms with Gasteiger partial charge in [0.05, 0.1) is 0 Å². The Morgan fingerprint density at radius 1 is 1.00 bits per heavy atom. The molecule has 0 aromatic carbocycles. The van der Waals surface area contributed by atoms with Gasteiger partial charge in [0.15, 0.2) is 0 Å². The van der Waals surface area contributed by atoms with Crippen molar-refractivity contribution in [2.45, 2.75) is 32.1 Å². The molecule has 0 aliphatic heterocycles. The molecule has 4 nitrogen and oxygen atoms in total. The Bertz CT molecular complexity index is 142. The van der Waals surface area contributed by atoms with Gasteiger partial charge in [0.25, 0.3) is 0 Å². The van der Waals surface area contributed by atoms with Crippen LogP contribution >= 0.6 is 0 Å². The molecule has 1 rings (SSSR count). The van der Waals surface area contributed by atoms with E-state index in [9.17, 15) is 4.79 Å². The van der Waals surface area contributed by atoms with E-state index in [0.717, 1.165) is 25.7 Å². The molecule has 66 valence electrons. The predicted octanol–water partition coefficient (Wildman–Crippen LogP) is -5.48. The third kappa shape index (κ3) is 20.0. The van der Waals surface area contributed by atoms with Crippen LogP contribution in [0.5, 0.6) is 0 Å². The van der Waals surface area contributed by atoms with Crippen LogP contribution < -0.4 is 59.1 Å². The zero-order valence-electron chi connectivity index (χ0n) is 8.08. The normalized spacial score (nSPS) is 14.8. The quantitative estimate of drug-likeness (QED) is 0.304. The molecule has 1 saturated carbocycles. The summed E-state index contributed by atoms with van der Waals surface area (Å²) >= 11 is -3.11. The smallest absolute Gasteiger partial charge is 0.784 e. The van der Waals surface area contributed by atoms with Crippen LogP contribution in [0.15, 0.2) is 0 Å². The van der Waals surface area contributed by atoms with Crippen molar-refractivity contribution in [2.75, 3.05) is 0 Å². The zero-order chi connectivity index (χ0) is 8.69. The molecule has 0 radical (unpaired) electrons. The van der Waals surface area contributed by atoms with E-state index in [1.165, 1.54) is 6.42 Å². The maximum Gasteiger partial charge on any atom is 1.00 e. The molecule has 0 atom stereocenters. The third-order valence-corrected chi connectivity index (χ3v) is 1.41. The number of hydrogen-bond acceptors (Lipinski definition) is 4. The average Bonchev–Trinajstić information content (AvgIpc) is 1.87. The second kappa shape index (κ2) is 13.7. The van der Waals surface area contributed by atoms with Gasteiger partial charge in [0.2, 0.25) is 0 Å². The van der Waals surface area contributed by atoms with Crippen LogP contribution in [0.2, 0.25) is 0 Å². The maximum absolute atomic E-state index is 10.5. The summed E-state index contributed by atoms with van der Waals surface area (Å²) in [7, 11) is 0. The fraction of sp³-hybridized carbons (Fsp3) is 0.833. The molecule has 0 aromatic rings. The van der Waals surface area contributed by atoms with Crippen LogP contribution in [-0.2, 0) is 16.2 Å². The van der Waals surface area contributed by atoms with Gasteiger partial charge in [-0.15, -0.1) is 11.4 Å². The van der Waals surface area contributed by atoms with Gasteiger partial charge < -0.3 is 9.11 Å². The number of hydrogen-bond donors (Lipinski definition) is 0. The van der Waals surface area contributed by atoms with Crippen LogP contribution in [0.3, 0.4) is 0 Å². The van der Waals surface area contributed by atoms with Crippen LogP contribution in [0.1, 0.15) is 32.1 Å². The Kier molecular flexibility index (Phi) is 21.3. The summed E-state index contributed by atoms with van der Waals surface area (Å²) in [6.45, 7) is 0. The fourth-order valence-corrected chi connectivity index (χ4v) is 0.946. The fourth-order valence-electron chi connectivity index (χ4n) is 0.946. The molecule has 0 heterocycles. The number of ketones is 1. The van der Waals surface area contributed by atoms with Crippen molar-refractivity contribution in [3.05, 3.63) is 0 Å². The number of rotatable bonds is 0. The summed E-state index contributed by atoms with van der Waals surface area (Å²) in [5, 5.41) is 0. The van der Waals surface area contributed by atoms with Gasteiger partial charge in [-0.25, -0.2) is 0 Å². The van der Waals surface area contributed by atoms with E-state index in [-0.39, 0.29) is 59.1 Å². The van der Waals surface area contributed by atoms with Crippen LogP contribution in [0, 0.1) is 0 Å². The summed E-state index contributed by atoms with van der Waals surface area (Å²) in [5.41, 5.74) is 0. The van der Waals surface area contributed by atoms with E-state index < -0.39 is 11.4 Å². The first-order valence-corrected chi connectivity index (χ1v) is 4.41. The minimum Gasteiger partial charge on any atom is -0.784 e. The summed E-state index contributed by atoms with van der Waals surface area (Å²) in [4.78, 5) is 10.5. The molecule has 0 saturated heterocycles. The standard InChI is InChI=1S/C6H10O.2Na.H2O3S/c7-6-4-2-1-3-5-6;;;1-4(2)3/h1-5H2;;;(H2,1,2,3)/q;2*+1;/p-2. The minimum absolute atomic E-state index is 0. The number of carbonyl (C=O) groups excluding carboxylic acids is 1. The monoisotopic (exact) mass is 224 g/mol. The molecule has 0 aromatic heterocycles. The minimum atomic E-state index is -3.11. The second-order valence-electron chi connectivity index (χ2n) is 2.30. The van der Waals surface area contributed by atoms with Crippen molar-refractivity contribution in [1.82, 2.24) is 0 Å². The molecule has 0 unspecified atom stereocenters. The summed E-state index contributed by atoms with van der Waals surface area (Å²) in [5.74, 6) is 0.464. The van der Waals surface area contributed by atoms with Gasteiger partial charge >= 0.3 is 59.1 Å². The topological polar surface area (TPSA) is 80.3 Å². The Hall–Kier alpha value is 1.74. The van der Waals surface area contributed by atoms with Gasteiger partial charge in [-0.3, -0.25) is 9.00 Å². The van der Waals surface area contributed by atoms with Crippen molar-refractivity contribution >= 4 is 17.1 Å². The summed E-state index contributed by atoms with van der Waals surface area (Å²) in [6, 6.07) is 0. The molecular formula is C6H10Na2O4S. The van der Waals surface area contributed by atoms with Crippen molar-refractivity contribution in [3.63, 3.8) is 0 Å². The predicted molar refractivity (Wildman–Crippen MR) is 37.8 cm³/mol. The Labute approximate surface area is 125 Å². The molecular weight excluding hydrogens is 214 g/mol. The largest absolute Gasteiger partial charge is 1.00 e. The number of carbonyl (C=O) groups is 1. The SMILES string of the molecule is O=C1CCCCC1.O=S([O-])[O-].[Na+].[Na+]. The average molecular weight is 224 g/mol. The summed E-state index contributed by atoms with van der Waals surface area (Å²) in [6.07, 6.45) is 5.24. The van der Waals surface area contributed by atoms with Gasteiger partial charge in [0, 0.05) is 12.8 Å². The van der Waals surface area contributed by atoms with Gasteiger partial charge in [-0.2, -0.15) is 0 Å². The molecule has 1 fully saturated rings. The van der Waals surface area contributed by atoms with Crippen LogP contribution in [0.4, 0.5) is 0 Å². The van der Waals surface area contributed by atoms with Gasteiger partial charge in [0.1, 0.15) is 5.78 Å². The first kappa shape index (κ1) is 20.2. The molecule has 1 aliphatic rings. The van der Waals surface area contributed by atoms with Crippen molar-refractivity contribution in [1.29, 1.82) is 0 Å². The van der Waals surface area contributed by atoms with E-state index in [0.29, 0.717) is 5.78 Å². The molecule has 0 spiro atoms. The first-order chi connectivity index (χ1) is 5.13. The Morgan fingerprint density at radius 3 is 1.46 bits per heavy atom. The second-order valence-corrected chi connectivity index (χ2v) is 2.71. The molecule has 0 N–H and O–H groups in total. The van der Waals surface area contributed by atoms with Crippen LogP contribution in [-0.4, -0.2) is 19.1 Å². The van der Waals surface area contributed by atoms with Crippen molar-refractivity contribution < 1.29 is 77.2 Å². The maximum atomic E-state index is 10.5. The zero-order valence-corrected chi connectivity index (χ0v) is 12.9. The van der Waals surface area contributed by atoms with Gasteiger partial charge in [-0.1, -0.05) is 6.42 Å². The Morgan fingerprint density at radius 2 is 1.31 bits per heavy atom. The molecule has 1 aliphatic carbocycles. The molecule has 0 bridgehead atoms. The van der Waals surface area contributed by atoms with E-state index >= 15 is 0 Å². The Balaban J connectivity index is -0.000000150. The van der Waals surface area contributed by atoms with Crippen LogP contribution in [0.25, 0.3) is 0 Å². The molecule has 0 amide bonds.